The van der Waals surface area contributed by atoms with Gasteiger partial charge in [0.15, 0.2) is 16.3 Å². The Bertz CT molecular complexity index is 1040. The van der Waals surface area contributed by atoms with Crippen LogP contribution in [-0.4, -0.2) is 43.2 Å². The number of imidazole rings is 1. The van der Waals surface area contributed by atoms with Crippen molar-refractivity contribution in [1.82, 2.24) is 19.1 Å². The zero-order valence-electron chi connectivity index (χ0n) is 14.1. The standard InChI is InChI=1S/C16H17ClN4O4S/c1-20-13-12(14(23)19-15(20)24)21(16(18-13)26-2)7-10(22)8-25-11-5-3-9(17)4-6-11/h3-6,10,22H,7-8H2,1-2H3,(H,19,23,24)/t10-/m0/s1. The Labute approximate surface area is 157 Å². The van der Waals surface area contributed by atoms with Crippen LogP contribution in [-0.2, 0) is 13.6 Å². The minimum atomic E-state index is -0.884. The Kier molecular flexibility index (Phi) is 5.40. The Morgan fingerprint density at radius 3 is 2.69 bits per heavy atom. The first-order valence-electron chi connectivity index (χ1n) is 7.70. The average molecular weight is 397 g/mol. The number of aromatic amines is 1. The lowest BCUT2D eigenvalue weighted by atomic mass is 10.3. The van der Waals surface area contributed by atoms with Crippen LogP contribution in [0.15, 0.2) is 39.0 Å². The van der Waals surface area contributed by atoms with Gasteiger partial charge in [-0.05, 0) is 30.5 Å². The summed E-state index contributed by atoms with van der Waals surface area (Å²) in [6.07, 6.45) is 0.922. The topological polar surface area (TPSA) is 102 Å². The predicted molar refractivity (Wildman–Crippen MR) is 100 cm³/mol. The summed E-state index contributed by atoms with van der Waals surface area (Å²) >= 11 is 7.14. The normalized spacial score (nSPS) is 12.5. The van der Waals surface area contributed by atoms with Crippen LogP contribution in [0.5, 0.6) is 5.75 Å². The number of aryl methyl sites for hydroxylation is 1. The third-order valence-corrected chi connectivity index (χ3v) is 4.73. The summed E-state index contributed by atoms with van der Waals surface area (Å²) in [6.45, 7) is 0.125. The van der Waals surface area contributed by atoms with Crippen molar-refractivity contribution in [1.29, 1.82) is 0 Å². The SMILES string of the molecule is CSc1nc2c(c(=O)[nH]c(=O)n2C)n1C[C@H](O)COc1ccc(Cl)cc1. The number of ether oxygens (including phenoxy) is 1. The first kappa shape index (κ1) is 18.6. The van der Waals surface area contributed by atoms with E-state index >= 15 is 0 Å². The molecule has 0 unspecified atom stereocenters. The number of thioether (sulfide) groups is 1. The van der Waals surface area contributed by atoms with E-state index in [1.807, 2.05) is 0 Å². The highest BCUT2D eigenvalue weighted by atomic mass is 35.5. The van der Waals surface area contributed by atoms with Crippen molar-refractivity contribution in [3.05, 3.63) is 50.1 Å². The van der Waals surface area contributed by atoms with Crippen LogP contribution in [0.4, 0.5) is 0 Å². The Balaban J connectivity index is 1.85. The molecule has 0 radical (unpaired) electrons. The molecule has 1 aromatic carbocycles. The van der Waals surface area contributed by atoms with Gasteiger partial charge < -0.3 is 14.4 Å². The van der Waals surface area contributed by atoms with Crippen molar-refractivity contribution in [2.45, 2.75) is 17.8 Å². The molecule has 0 fully saturated rings. The molecule has 0 spiro atoms. The lowest BCUT2D eigenvalue weighted by Crippen LogP contribution is -2.30. The first-order chi connectivity index (χ1) is 12.4. The zero-order valence-corrected chi connectivity index (χ0v) is 15.7. The number of benzene rings is 1. The van der Waals surface area contributed by atoms with E-state index in [2.05, 4.69) is 9.97 Å². The molecule has 0 saturated carbocycles. The van der Waals surface area contributed by atoms with Gasteiger partial charge in [0, 0.05) is 12.1 Å². The largest absolute Gasteiger partial charge is 0.491 e. The van der Waals surface area contributed by atoms with Gasteiger partial charge in [-0.2, -0.15) is 0 Å². The van der Waals surface area contributed by atoms with Crippen molar-refractivity contribution >= 4 is 34.5 Å². The second kappa shape index (κ2) is 7.56. The van der Waals surface area contributed by atoms with Gasteiger partial charge in [-0.3, -0.25) is 14.3 Å². The van der Waals surface area contributed by atoms with Gasteiger partial charge in [0.1, 0.15) is 18.5 Å². The Morgan fingerprint density at radius 2 is 2.04 bits per heavy atom. The highest BCUT2D eigenvalue weighted by Gasteiger charge is 2.19. The van der Waals surface area contributed by atoms with Crippen LogP contribution in [0.3, 0.4) is 0 Å². The van der Waals surface area contributed by atoms with Crippen LogP contribution in [0.25, 0.3) is 11.2 Å². The second-order valence-corrected chi connectivity index (χ2v) is 6.83. The highest BCUT2D eigenvalue weighted by molar-refractivity contribution is 7.98. The fraction of sp³-hybridized carbons (Fsp3) is 0.312. The summed E-state index contributed by atoms with van der Waals surface area (Å²) < 4.78 is 8.40. The number of H-pyrrole nitrogens is 1. The smallest absolute Gasteiger partial charge is 0.329 e. The van der Waals surface area contributed by atoms with Crippen molar-refractivity contribution in [3.8, 4) is 5.75 Å². The average Bonchev–Trinajstić information content (AvgIpc) is 2.98. The minimum absolute atomic E-state index is 0.0266. The number of aliphatic hydroxyl groups excluding tert-OH is 1. The van der Waals surface area contributed by atoms with E-state index in [0.717, 1.165) is 0 Å². The molecule has 0 bridgehead atoms. The maximum Gasteiger partial charge on any atom is 0.329 e. The summed E-state index contributed by atoms with van der Waals surface area (Å²) in [4.78, 5) is 30.6. The number of aromatic nitrogens is 4. The van der Waals surface area contributed by atoms with E-state index < -0.39 is 17.4 Å². The number of fused-ring (bicyclic) bond motifs is 1. The van der Waals surface area contributed by atoms with Crippen LogP contribution >= 0.6 is 23.4 Å². The molecule has 2 heterocycles. The second-order valence-electron chi connectivity index (χ2n) is 5.62. The van der Waals surface area contributed by atoms with Crippen LogP contribution in [0, 0.1) is 0 Å². The van der Waals surface area contributed by atoms with Crippen molar-refractivity contribution in [2.75, 3.05) is 12.9 Å². The molecule has 3 rings (SSSR count). The summed E-state index contributed by atoms with van der Waals surface area (Å²) in [5.74, 6) is 0.578. The van der Waals surface area contributed by atoms with E-state index in [0.29, 0.717) is 15.9 Å². The van der Waals surface area contributed by atoms with Crippen LogP contribution in [0.1, 0.15) is 0 Å². The van der Waals surface area contributed by atoms with Gasteiger partial charge in [0.25, 0.3) is 5.56 Å². The monoisotopic (exact) mass is 396 g/mol. The molecule has 2 aromatic heterocycles. The summed E-state index contributed by atoms with van der Waals surface area (Å²) in [6, 6.07) is 6.79. The van der Waals surface area contributed by atoms with Gasteiger partial charge in [-0.1, -0.05) is 23.4 Å². The highest BCUT2D eigenvalue weighted by Crippen LogP contribution is 2.20. The number of halogens is 1. The molecular formula is C16H17ClN4O4S. The number of hydrogen-bond donors (Lipinski definition) is 2. The fourth-order valence-electron chi connectivity index (χ4n) is 2.53. The quantitative estimate of drug-likeness (QED) is 0.608. The zero-order chi connectivity index (χ0) is 18.8. The molecule has 26 heavy (non-hydrogen) atoms. The predicted octanol–water partition coefficient (Wildman–Crippen LogP) is 1.24. The number of rotatable bonds is 6. The summed E-state index contributed by atoms with van der Waals surface area (Å²) in [5, 5.41) is 11.5. The van der Waals surface area contributed by atoms with Crippen molar-refractivity contribution in [3.63, 3.8) is 0 Å². The minimum Gasteiger partial charge on any atom is -0.491 e. The molecule has 0 aliphatic heterocycles. The number of hydrogen-bond acceptors (Lipinski definition) is 6. The van der Waals surface area contributed by atoms with Crippen molar-refractivity contribution in [2.24, 2.45) is 7.05 Å². The summed E-state index contributed by atoms with van der Waals surface area (Å²) in [5.41, 5.74) is -0.566. The van der Waals surface area contributed by atoms with E-state index in [1.165, 1.54) is 23.4 Å². The summed E-state index contributed by atoms with van der Waals surface area (Å²) in [7, 11) is 1.53. The number of nitrogens with zero attached hydrogens (tertiary/aromatic N) is 3. The molecule has 1 atom stereocenters. The van der Waals surface area contributed by atoms with E-state index in [1.54, 1.807) is 35.1 Å². The Hall–Kier alpha value is -2.23. The molecule has 2 N–H and O–H groups in total. The lowest BCUT2D eigenvalue weighted by Gasteiger charge is -2.14. The lowest BCUT2D eigenvalue weighted by molar-refractivity contribution is 0.0914. The first-order valence-corrected chi connectivity index (χ1v) is 9.31. The van der Waals surface area contributed by atoms with Gasteiger partial charge in [-0.25, -0.2) is 9.78 Å². The molecule has 0 saturated heterocycles. The van der Waals surface area contributed by atoms with Crippen LogP contribution < -0.4 is 16.0 Å². The molecule has 0 aliphatic carbocycles. The van der Waals surface area contributed by atoms with Gasteiger partial charge in [0.2, 0.25) is 0 Å². The molecule has 0 amide bonds. The van der Waals surface area contributed by atoms with Gasteiger partial charge in [0.05, 0.1) is 6.54 Å². The molecule has 8 nitrogen and oxygen atoms in total. The van der Waals surface area contributed by atoms with E-state index in [9.17, 15) is 14.7 Å². The fourth-order valence-corrected chi connectivity index (χ4v) is 3.22. The third kappa shape index (κ3) is 3.64. The molecule has 0 aliphatic rings. The van der Waals surface area contributed by atoms with Crippen LogP contribution in [0.2, 0.25) is 5.02 Å². The van der Waals surface area contributed by atoms with Gasteiger partial charge in [-0.15, -0.1) is 0 Å². The van der Waals surface area contributed by atoms with Crippen molar-refractivity contribution < 1.29 is 9.84 Å². The van der Waals surface area contributed by atoms with E-state index in [4.69, 9.17) is 16.3 Å². The molecule has 138 valence electrons. The third-order valence-electron chi connectivity index (χ3n) is 3.80. The van der Waals surface area contributed by atoms with E-state index in [-0.39, 0.29) is 24.3 Å². The maximum atomic E-state index is 12.2. The Morgan fingerprint density at radius 1 is 1.35 bits per heavy atom. The molecule has 10 heteroatoms. The number of aliphatic hydroxyl groups is 1. The van der Waals surface area contributed by atoms with Gasteiger partial charge >= 0.3 is 5.69 Å². The molecular weight excluding hydrogens is 380 g/mol. The number of nitrogens with one attached hydrogen (secondary N) is 1. The maximum absolute atomic E-state index is 12.2. The molecule has 3 aromatic rings.